The van der Waals surface area contributed by atoms with Crippen LogP contribution in [0.4, 0.5) is 0 Å². The molecule has 64 valence electrons. The maximum absolute atomic E-state index is 11.3. The minimum absolute atomic E-state index is 0.163. The molecule has 0 aliphatic heterocycles. The van der Waals surface area contributed by atoms with E-state index < -0.39 is 9.84 Å². The average Bonchev–Trinajstić information content (AvgIpc) is 2.05. The Balaban J connectivity index is 3.14. The van der Waals surface area contributed by atoms with Crippen LogP contribution in [-0.4, -0.2) is 22.0 Å². The van der Waals surface area contributed by atoms with Gasteiger partial charge >= 0.3 is 0 Å². The molecular weight excluding hydrogens is 171 g/mol. The first-order valence-electron chi connectivity index (χ1n) is 3.85. The van der Waals surface area contributed by atoms with Gasteiger partial charge in [-0.1, -0.05) is 24.5 Å². The van der Waals surface area contributed by atoms with Crippen molar-refractivity contribution in [3.8, 4) is 0 Å². The highest BCUT2D eigenvalue weighted by atomic mass is 32.2. The third-order valence-electron chi connectivity index (χ3n) is 1.76. The molecule has 12 heavy (non-hydrogen) atoms. The fraction of sp³-hybridized carbons (Fsp3) is 0.250. The molecule has 1 rings (SSSR count). The van der Waals surface area contributed by atoms with Crippen molar-refractivity contribution in [1.82, 2.24) is 0 Å². The zero-order chi connectivity index (χ0) is 9.19. The Hall–Kier alpha value is -0.765. The highest BCUT2D eigenvalue weighted by Crippen LogP contribution is 2.07. The van der Waals surface area contributed by atoms with Gasteiger partial charge in [0.05, 0.1) is 10.6 Å². The molecule has 0 aliphatic rings. The monoisotopic (exact) mass is 182 g/mol. The molecule has 0 saturated heterocycles. The second-order valence-corrected chi connectivity index (χ2v) is 4.99. The topological polar surface area (TPSA) is 34.1 Å². The highest BCUT2D eigenvalue weighted by molar-refractivity contribution is 7.91. The summed E-state index contributed by atoms with van der Waals surface area (Å²) < 4.78 is 22.6. The van der Waals surface area contributed by atoms with Crippen molar-refractivity contribution in [2.24, 2.45) is 0 Å². The first-order valence-corrected chi connectivity index (χ1v) is 5.51. The van der Waals surface area contributed by atoms with Crippen molar-refractivity contribution in [1.29, 1.82) is 0 Å². The van der Waals surface area contributed by atoms with Gasteiger partial charge in [0.25, 0.3) is 0 Å². The lowest BCUT2D eigenvalue weighted by Gasteiger charge is -2.00. The van der Waals surface area contributed by atoms with E-state index in [1.165, 1.54) is 0 Å². The van der Waals surface area contributed by atoms with Crippen molar-refractivity contribution >= 4 is 23.1 Å². The predicted octanol–water partition coefficient (Wildman–Crippen LogP) is -0.261. The lowest BCUT2D eigenvalue weighted by molar-refractivity contribution is 0.597. The molecule has 4 heteroatoms. The predicted molar refractivity (Wildman–Crippen MR) is 52.3 cm³/mol. The number of hydrogen-bond donors (Lipinski definition) is 0. The van der Waals surface area contributed by atoms with Crippen LogP contribution in [0.5, 0.6) is 0 Å². The Labute approximate surface area is 73.9 Å². The fourth-order valence-corrected chi connectivity index (χ4v) is 1.80. The highest BCUT2D eigenvalue weighted by Gasteiger charge is 2.09. The summed E-state index contributed by atoms with van der Waals surface area (Å²) in [6.45, 7) is 1.65. The molecule has 0 radical (unpaired) electrons. The van der Waals surface area contributed by atoms with Gasteiger partial charge in [0, 0.05) is 0 Å². The molecule has 0 spiro atoms. The SMILES string of the molecule is Bc1ccc(S(=O)(=O)CC)cc1. The largest absolute Gasteiger partial charge is 0.224 e. The van der Waals surface area contributed by atoms with Crippen LogP contribution in [0.2, 0.25) is 0 Å². The summed E-state index contributed by atoms with van der Waals surface area (Å²) in [7, 11) is -1.08. The van der Waals surface area contributed by atoms with Gasteiger partial charge in [-0.15, -0.1) is 0 Å². The van der Waals surface area contributed by atoms with E-state index in [1.807, 2.05) is 20.0 Å². The Bertz CT molecular complexity index is 353. The zero-order valence-corrected chi connectivity index (χ0v) is 8.06. The van der Waals surface area contributed by atoms with E-state index in [0.717, 1.165) is 5.46 Å². The number of rotatable bonds is 2. The van der Waals surface area contributed by atoms with E-state index in [2.05, 4.69) is 0 Å². The molecule has 0 aromatic heterocycles. The molecule has 0 atom stereocenters. The molecule has 1 aromatic rings. The maximum Gasteiger partial charge on any atom is 0.178 e. The summed E-state index contributed by atoms with van der Waals surface area (Å²) in [6, 6.07) is 6.91. The third kappa shape index (κ3) is 1.88. The van der Waals surface area contributed by atoms with E-state index in [0.29, 0.717) is 4.90 Å². The van der Waals surface area contributed by atoms with Crippen LogP contribution < -0.4 is 5.46 Å². The summed E-state index contributed by atoms with van der Waals surface area (Å²) in [4.78, 5) is 0.413. The smallest absolute Gasteiger partial charge is 0.178 e. The summed E-state index contributed by atoms with van der Waals surface area (Å²) in [5.74, 6) is 0.163. The van der Waals surface area contributed by atoms with Crippen LogP contribution in [0.1, 0.15) is 6.92 Å². The minimum Gasteiger partial charge on any atom is -0.224 e. The van der Waals surface area contributed by atoms with Crippen LogP contribution in [0, 0.1) is 0 Å². The zero-order valence-electron chi connectivity index (χ0n) is 7.24. The number of benzene rings is 1. The van der Waals surface area contributed by atoms with Crippen molar-refractivity contribution in [2.45, 2.75) is 11.8 Å². The Kier molecular flexibility index (Phi) is 2.57. The van der Waals surface area contributed by atoms with Crippen LogP contribution in [-0.2, 0) is 9.84 Å². The Morgan fingerprint density at radius 1 is 1.25 bits per heavy atom. The molecule has 0 saturated carbocycles. The molecule has 0 amide bonds. The van der Waals surface area contributed by atoms with Crippen LogP contribution in [0.15, 0.2) is 29.2 Å². The Morgan fingerprint density at radius 2 is 1.75 bits per heavy atom. The van der Waals surface area contributed by atoms with E-state index in [1.54, 1.807) is 19.1 Å². The summed E-state index contributed by atoms with van der Waals surface area (Å²) in [5, 5.41) is 0. The lowest BCUT2D eigenvalue weighted by atomic mass is 9.97. The molecule has 2 nitrogen and oxygen atoms in total. The normalized spacial score (nSPS) is 11.4. The fourth-order valence-electron chi connectivity index (χ4n) is 0.912. The first-order chi connectivity index (χ1) is 5.56. The summed E-state index contributed by atoms with van der Waals surface area (Å²) >= 11 is 0. The molecule has 0 aliphatic carbocycles. The standard InChI is InChI=1S/C8H11BO2S/c1-2-12(10,11)8-5-3-7(9)4-6-8/h3-6H,2,9H2,1H3. The third-order valence-corrected chi connectivity index (χ3v) is 3.51. The molecule has 0 heterocycles. The number of hydrogen-bond acceptors (Lipinski definition) is 2. The van der Waals surface area contributed by atoms with Gasteiger partial charge in [-0.05, 0) is 12.1 Å². The van der Waals surface area contributed by atoms with E-state index in [4.69, 9.17) is 0 Å². The van der Waals surface area contributed by atoms with Crippen LogP contribution in [0.3, 0.4) is 0 Å². The van der Waals surface area contributed by atoms with Crippen LogP contribution in [0.25, 0.3) is 0 Å². The molecule has 1 aromatic carbocycles. The van der Waals surface area contributed by atoms with Crippen LogP contribution >= 0.6 is 0 Å². The molecule has 0 fully saturated rings. The van der Waals surface area contributed by atoms with Gasteiger partial charge < -0.3 is 0 Å². The number of sulfone groups is 1. The van der Waals surface area contributed by atoms with Gasteiger partial charge in [-0.25, -0.2) is 8.42 Å². The summed E-state index contributed by atoms with van der Waals surface area (Å²) in [5.41, 5.74) is 1.07. The van der Waals surface area contributed by atoms with Gasteiger partial charge in [0.2, 0.25) is 0 Å². The van der Waals surface area contributed by atoms with Crippen molar-refractivity contribution in [2.75, 3.05) is 5.75 Å². The van der Waals surface area contributed by atoms with Gasteiger partial charge in [-0.3, -0.25) is 0 Å². The average molecular weight is 182 g/mol. The Morgan fingerprint density at radius 3 is 2.17 bits per heavy atom. The molecule has 0 bridgehead atoms. The lowest BCUT2D eigenvalue weighted by Crippen LogP contribution is -2.06. The van der Waals surface area contributed by atoms with Gasteiger partial charge in [0.15, 0.2) is 9.84 Å². The second-order valence-electron chi connectivity index (χ2n) is 2.72. The van der Waals surface area contributed by atoms with Gasteiger partial charge in [-0.2, -0.15) is 0 Å². The van der Waals surface area contributed by atoms with Crippen molar-refractivity contribution in [3.63, 3.8) is 0 Å². The van der Waals surface area contributed by atoms with E-state index in [-0.39, 0.29) is 5.75 Å². The molecular formula is C8H11BO2S. The van der Waals surface area contributed by atoms with Crippen molar-refractivity contribution < 1.29 is 8.42 Å². The maximum atomic E-state index is 11.3. The van der Waals surface area contributed by atoms with E-state index in [9.17, 15) is 8.42 Å². The molecule has 0 unspecified atom stereocenters. The second kappa shape index (κ2) is 3.31. The van der Waals surface area contributed by atoms with E-state index >= 15 is 0 Å². The quantitative estimate of drug-likeness (QED) is 0.590. The minimum atomic E-state index is -3.01. The summed E-state index contributed by atoms with van der Waals surface area (Å²) in [6.07, 6.45) is 0. The first kappa shape index (κ1) is 9.32. The van der Waals surface area contributed by atoms with Gasteiger partial charge in [0.1, 0.15) is 7.85 Å². The van der Waals surface area contributed by atoms with Crippen molar-refractivity contribution in [3.05, 3.63) is 24.3 Å². The molecule has 0 N–H and O–H groups in total.